The number of nitrogens with zero attached hydrogens (tertiary/aromatic N) is 5. The average molecular weight is 376 g/mol. The van der Waals surface area contributed by atoms with Crippen molar-refractivity contribution in [3.8, 4) is 11.4 Å². The number of carbonyl (C=O) groups is 1. The fourth-order valence-electron chi connectivity index (χ4n) is 3.16. The quantitative estimate of drug-likeness (QED) is 0.558. The van der Waals surface area contributed by atoms with Gasteiger partial charge < -0.3 is 14.6 Å². The zero-order valence-electron chi connectivity index (χ0n) is 15.6. The number of fused-ring (bicyclic) bond motifs is 1. The highest BCUT2D eigenvalue weighted by atomic mass is 16.5. The molecule has 1 amide bonds. The minimum absolute atomic E-state index is 0.104. The third kappa shape index (κ3) is 3.44. The van der Waals surface area contributed by atoms with Crippen LogP contribution in [-0.2, 0) is 11.8 Å². The monoisotopic (exact) mass is 376 g/mol. The first-order valence-corrected chi connectivity index (χ1v) is 8.91. The molecule has 142 valence electrons. The molecular weight excluding hydrogens is 356 g/mol. The fourth-order valence-corrected chi connectivity index (χ4v) is 3.16. The van der Waals surface area contributed by atoms with Gasteiger partial charge in [-0.25, -0.2) is 4.98 Å². The Labute approximate surface area is 161 Å². The number of aromatic nitrogens is 5. The molecule has 2 heterocycles. The molecule has 8 heteroatoms. The van der Waals surface area contributed by atoms with Crippen molar-refractivity contribution in [1.82, 2.24) is 29.6 Å². The number of hydrogen-bond acceptors (Lipinski definition) is 5. The van der Waals surface area contributed by atoms with Crippen molar-refractivity contribution in [2.45, 2.75) is 13.0 Å². The van der Waals surface area contributed by atoms with Crippen molar-refractivity contribution < 1.29 is 9.53 Å². The SMILES string of the molecule is C[C@@H](NC(=O)COc1ccccc1-n1cnnc1)c1nc2ccccc2n1C. The summed E-state index contributed by atoms with van der Waals surface area (Å²) >= 11 is 0. The smallest absolute Gasteiger partial charge is 0.258 e. The second-order valence-electron chi connectivity index (χ2n) is 6.43. The zero-order valence-corrected chi connectivity index (χ0v) is 15.6. The van der Waals surface area contributed by atoms with Crippen molar-refractivity contribution in [3.05, 3.63) is 67.0 Å². The number of para-hydroxylation sites is 4. The minimum Gasteiger partial charge on any atom is -0.482 e. The molecule has 1 N–H and O–H groups in total. The van der Waals surface area contributed by atoms with Crippen molar-refractivity contribution in [2.75, 3.05) is 6.61 Å². The Balaban J connectivity index is 1.43. The molecule has 0 aliphatic heterocycles. The lowest BCUT2D eigenvalue weighted by Crippen LogP contribution is -2.32. The molecule has 0 radical (unpaired) electrons. The van der Waals surface area contributed by atoms with Gasteiger partial charge in [-0.3, -0.25) is 9.36 Å². The van der Waals surface area contributed by atoms with E-state index in [1.807, 2.05) is 61.0 Å². The van der Waals surface area contributed by atoms with E-state index in [1.165, 1.54) is 0 Å². The third-order valence-corrected chi connectivity index (χ3v) is 4.51. The summed E-state index contributed by atoms with van der Waals surface area (Å²) in [5.74, 6) is 1.14. The van der Waals surface area contributed by atoms with E-state index in [4.69, 9.17) is 4.74 Å². The molecular formula is C20H20N6O2. The second kappa shape index (κ2) is 7.51. The lowest BCUT2D eigenvalue weighted by molar-refractivity contribution is -0.123. The molecule has 28 heavy (non-hydrogen) atoms. The Bertz CT molecular complexity index is 1100. The number of rotatable bonds is 6. The van der Waals surface area contributed by atoms with Gasteiger partial charge in [0, 0.05) is 7.05 Å². The normalized spacial score (nSPS) is 12.1. The Morgan fingerprint density at radius 1 is 1.11 bits per heavy atom. The van der Waals surface area contributed by atoms with Gasteiger partial charge in [0.1, 0.15) is 24.2 Å². The van der Waals surface area contributed by atoms with E-state index in [1.54, 1.807) is 23.3 Å². The maximum absolute atomic E-state index is 12.4. The first-order chi connectivity index (χ1) is 13.6. The number of benzene rings is 2. The standard InChI is InChI=1S/C20H20N6O2/c1-14(20-24-15-7-3-4-8-16(15)25(20)2)23-19(27)11-28-18-10-6-5-9-17(18)26-12-21-22-13-26/h3-10,12-14H,11H2,1-2H3,(H,23,27)/t14-/m1/s1. The van der Waals surface area contributed by atoms with E-state index in [9.17, 15) is 4.79 Å². The maximum Gasteiger partial charge on any atom is 0.258 e. The van der Waals surface area contributed by atoms with Crippen molar-refractivity contribution >= 4 is 16.9 Å². The topological polar surface area (TPSA) is 86.9 Å². The van der Waals surface area contributed by atoms with Crippen molar-refractivity contribution in [2.24, 2.45) is 7.05 Å². The molecule has 0 aliphatic rings. The molecule has 0 aliphatic carbocycles. The Morgan fingerprint density at radius 2 is 1.82 bits per heavy atom. The van der Waals surface area contributed by atoms with Crippen LogP contribution in [0.3, 0.4) is 0 Å². The summed E-state index contributed by atoms with van der Waals surface area (Å²) in [7, 11) is 1.94. The highest BCUT2D eigenvalue weighted by Crippen LogP contribution is 2.22. The molecule has 0 unspecified atom stereocenters. The number of nitrogens with one attached hydrogen (secondary N) is 1. The molecule has 4 aromatic rings. The molecule has 8 nitrogen and oxygen atoms in total. The average Bonchev–Trinajstić information content (AvgIpc) is 3.35. The minimum atomic E-state index is -0.249. The van der Waals surface area contributed by atoms with Crippen molar-refractivity contribution in [1.29, 1.82) is 0 Å². The van der Waals surface area contributed by atoms with E-state index < -0.39 is 0 Å². The van der Waals surface area contributed by atoms with Gasteiger partial charge in [-0.1, -0.05) is 24.3 Å². The van der Waals surface area contributed by atoms with Crippen LogP contribution in [0.5, 0.6) is 5.75 Å². The number of carbonyl (C=O) groups excluding carboxylic acids is 1. The molecule has 2 aromatic heterocycles. The van der Waals surface area contributed by atoms with Crippen LogP contribution in [0.25, 0.3) is 16.7 Å². The van der Waals surface area contributed by atoms with Gasteiger partial charge in [-0.2, -0.15) is 0 Å². The highest BCUT2D eigenvalue weighted by molar-refractivity contribution is 5.79. The van der Waals surface area contributed by atoms with E-state index in [-0.39, 0.29) is 18.6 Å². The predicted octanol–water partition coefficient (Wildman–Crippen LogP) is 2.41. The summed E-state index contributed by atoms with van der Waals surface area (Å²) < 4.78 is 9.45. The van der Waals surface area contributed by atoms with Gasteiger partial charge in [0.15, 0.2) is 6.61 Å². The van der Waals surface area contributed by atoms with Gasteiger partial charge in [0.2, 0.25) is 0 Å². The molecule has 0 saturated heterocycles. The van der Waals surface area contributed by atoms with Gasteiger partial charge in [-0.05, 0) is 31.2 Å². The van der Waals surface area contributed by atoms with Gasteiger partial charge >= 0.3 is 0 Å². The van der Waals surface area contributed by atoms with Crippen LogP contribution in [0.2, 0.25) is 0 Å². The maximum atomic E-state index is 12.4. The summed E-state index contributed by atoms with van der Waals surface area (Å²) in [5.41, 5.74) is 2.70. The van der Waals surface area contributed by atoms with Gasteiger partial charge in [0.05, 0.1) is 22.8 Å². The van der Waals surface area contributed by atoms with E-state index in [0.29, 0.717) is 5.75 Å². The largest absolute Gasteiger partial charge is 0.482 e. The van der Waals surface area contributed by atoms with E-state index >= 15 is 0 Å². The summed E-state index contributed by atoms with van der Waals surface area (Å²) in [6.45, 7) is 1.80. The first kappa shape index (κ1) is 17.7. The first-order valence-electron chi connectivity index (χ1n) is 8.91. The van der Waals surface area contributed by atoms with Crippen LogP contribution in [0.4, 0.5) is 0 Å². The molecule has 2 aromatic carbocycles. The van der Waals surface area contributed by atoms with Crippen LogP contribution in [0.15, 0.2) is 61.2 Å². The van der Waals surface area contributed by atoms with Gasteiger partial charge in [-0.15, -0.1) is 10.2 Å². The predicted molar refractivity (Wildman–Crippen MR) is 104 cm³/mol. The molecule has 0 saturated carbocycles. The van der Waals surface area contributed by atoms with Crippen LogP contribution >= 0.6 is 0 Å². The number of aryl methyl sites for hydroxylation is 1. The Kier molecular flexibility index (Phi) is 4.76. The van der Waals surface area contributed by atoms with E-state index in [2.05, 4.69) is 20.5 Å². The number of ether oxygens (including phenoxy) is 1. The molecule has 4 rings (SSSR count). The number of hydrogen-bond donors (Lipinski definition) is 1. The lowest BCUT2D eigenvalue weighted by atomic mass is 10.3. The lowest BCUT2D eigenvalue weighted by Gasteiger charge is -2.15. The molecule has 0 fully saturated rings. The highest BCUT2D eigenvalue weighted by Gasteiger charge is 2.17. The zero-order chi connectivity index (χ0) is 19.5. The Morgan fingerprint density at radius 3 is 2.61 bits per heavy atom. The summed E-state index contributed by atoms with van der Waals surface area (Å²) in [6.07, 6.45) is 3.16. The Hall–Kier alpha value is -3.68. The molecule has 1 atom stereocenters. The summed E-state index contributed by atoms with van der Waals surface area (Å²) in [4.78, 5) is 17.0. The molecule has 0 bridgehead atoms. The van der Waals surface area contributed by atoms with Crippen LogP contribution in [-0.4, -0.2) is 36.8 Å². The fraction of sp³-hybridized carbons (Fsp3) is 0.200. The second-order valence-corrected chi connectivity index (χ2v) is 6.43. The van der Waals surface area contributed by atoms with E-state index in [0.717, 1.165) is 22.5 Å². The summed E-state index contributed by atoms with van der Waals surface area (Å²) in [6, 6.07) is 15.0. The summed E-state index contributed by atoms with van der Waals surface area (Å²) in [5, 5.41) is 10.5. The van der Waals surface area contributed by atoms with Crippen LogP contribution in [0.1, 0.15) is 18.8 Å². The van der Waals surface area contributed by atoms with Crippen LogP contribution < -0.4 is 10.1 Å². The van der Waals surface area contributed by atoms with Crippen LogP contribution in [0, 0.1) is 0 Å². The number of amides is 1. The molecule has 0 spiro atoms. The van der Waals surface area contributed by atoms with Crippen molar-refractivity contribution in [3.63, 3.8) is 0 Å². The number of imidazole rings is 1. The third-order valence-electron chi connectivity index (χ3n) is 4.51. The van der Waals surface area contributed by atoms with Gasteiger partial charge in [0.25, 0.3) is 5.91 Å².